The number of aliphatic hydroxyl groups excluding tert-OH is 5. The summed E-state index contributed by atoms with van der Waals surface area (Å²) in [4.78, 5) is 11.4. The normalized spacial score (nSPS) is 27.6. The summed E-state index contributed by atoms with van der Waals surface area (Å²) in [6.45, 7) is -0.200. The number of aliphatic hydroxyl groups is 5. The number of carbonyl (C=O) groups is 1. The lowest BCUT2D eigenvalue weighted by Gasteiger charge is -2.22. The summed E-state index contributed by atoms with van der Waals surface area (Å²) in [5, 5.41) is 50.4. The van der Waals surface area contributed by atoms with Crippen LogP contribution in [0.3, 0.4) is 0 Å². The van der Waals surface area contributed by atoms with Crippen molar-refractivity contribution in [2.75, 3.05) is 13.2 Å². The van der Waals surface area contributed by atoms with Crippen LogP contribution >= 0.6 is 0 Å². The molecule has 0 aromatic heterocycles. The fourth-order valence-corrected chi connectivity index (χ4v) is 3.36. The van der Waals surface area contributed by atoms with Crippen LogP contribution in [0, 0.1) is 0 Å². The standard InChI is InChI=1S/C18H35NO6/c20-11-7-9-13(22)8-5-3-1-2-4-6-10-15(23)16-18(25)17(24)14(12-21)19-16/h14-21,23-25H,1-12H2/t14-,15-,16-,17-,18-/m1/s1/i2+1,3+1,6+1,8+1,9+1,11+1,12+1,15+1,18+1. The topological polar surface area (TPSA) is 130 Å². The predicted octanol–water partition coefficient (Wildman–Crippen LogP) is -0.136. The maximum atomic E-state index is 11.4. The Labute approximate surface area is 150 Å². The van der Waals surface area contributed by atoms with E-state index in [9.17, 15) is 20.1 Å². The van der Waals surface area contributed by atoms with Crippen LogP contribution in [0.5, 0.6) is 0 Å². The largest absolute Gasteiger partial charge is 0.396 e. The molecular formula is C18H35NO6. The predicted molar refractivity (Wildman–Crippen MR) is 94.1 cm³/mol. The molecule has 1 aliphatic rings. The second-order valence-corrected chi connectivity index (χ2v) is 7.06. The van der Waals surface area contributed by atoms with Crippen molar-refractivity contribution in [2.45, 2.75) is 94.6 Å². The van der Waals surface area contributed by atoms with Gasteiger partial charge in [-0.1, -0.05) is 32.1 Å². The van der Waals surface area contributed by atoms with Gasteiger partial charge in [0.25, 0.3) is 0 Å². The van der Waals surface area contributed by atoms with E-state index in [1.54, 1.807) is 0 Å². The molecule has 0 unspecified atom stereocenters. The summed E-state index contributed by atoms with van der Waals surface area (Å²) in [5.41, 5.74) is 0. The monoisotopic (exact) mass is 370 g/mol. The highest BCUT2D eigenvalue weighted by Crippen LogP contribution is 2.20. The fraction of sp³-hybridized carbons (Fsp3) is 0.944. The van der Waals surface area contributed by atoms with Crippen LogP contribution in [-0.2, 0) is 4.79 Å². The van der Waals surface area contributed by atoms with Crippen LogP contribution in [-0.4, -0.2) is 74.9 Å². The summed E-state index contributed by atoms with van der Waals surface area (Å²) in [6, 6.07) is -1.19. The van der Waals surface area contributed by atoms with E-state index in [0.29, 0.717) is 25.7 Å². The van der Waals surface area contributed by atoms with Gasteiger partial charge < -0.3 is 30.8 Å². The molecule has 0 saturated carbocycles. The lowest BCUT2D eigenvalue weighted by molar-refractivity contribution is -0.119. The van der Waals surface area contributed by atoms with Crippen LogP contribution in [0.2, 0.25) is 0 Å². The SMILES string of the molecule is O=C([13CH2]C[13CH2]O)[13CH2]C[13CH2]C[13CH2]C[13CH2]C[13C@@H](O)[C@H]1N[C@H]([13CH2]O)[C@@H](O)[13C@@H]1O. The van der Waals surface area contributed by atoms with Crippen molar-refractivity contribution in [3.63, 3.8) is 0 Å². The molecule has 0 amide bonds. The number of ketones is 1. The molecule has 1 aliphatic heterocycles. The van der Waals surface area contributed by atoms with Gasteiger partial charge in [-0.05, 0) is 19.3 Å². The van der Waals surface area contributed by atoms with Gasteiger partial charge in [-0.2, -0.15) is 0 Å². The average Bonchev–Trinajstić information content (AvgIpc) is 2.90. The highest BCUT2D eigenvalue weighted by atomic mass is 16.4. The van der Waals surface area contributed by atoms with E-state index in [2.05, 4.69) is 5.32 Å². The molecule has 148 valence electrons. The van der Waals surface area contributed by atoms with Crippen molar-refractivity contribution in [2.24, 2.45) is 0 Å². The lowest BCUT2D eigenvalue weighted by atomic mass is 10.4. The van der Waals surface area contributed by atoms with Crippen LogP contribution in [0.25, 0.3) is 0 Å². The van der Waals surface area contributed by atoms with Crippen LogP contribution < -0.4 is 5.32 Å². The number of carbonyl (C=O) groups excluding carboxylic acids is 1. The van der Waals surface area contributed by atoms with E-state index in [4.69, 9.17) is 10.2 Å². The van der Waals surface area contributed by atoms with Gasteiger partial charge in [-0.25, -0.2) is 0 Å². The molecule has 0 aliphatic carbocycles. The third-order valence-electron chi connectivity index (χ3n) is 4.97. The number of hydrogen-bond donors (Lipinski definition) is 6. The highest BCUT2D eigenvalue weighted by molar-refractivity contribution is 5.78. The molecule has 1 heterocycles. The molecule has 6 N–H and O–H groups in total. The molecule has 1 saturated heterocycles. The van der Waals surface area contributed by atoms with Gasteiger partial charge in [0.15, 0.2) is 0 Å². The maximum Gasteiger partial charge on any atom is 0.132 e. The summed E-state index contributed by atoms with van der Waals surface area (Å²) >= 11 is 0. The van der Waals surface area contributed by atoms with E-state index < -0.39 is 30.4 Å². The Morgan fingerprint density at radius 3 is 2.08 bits per heavy atom. The lowest BCUT2D eigenvalue weighted by Crippen LogP contribution is -2.44. The van der Waals surface area contributed by atoms with Crippen molar-refractivity contribution >= 4 is 5.78 Å². The third-order valence-corrected chi connectivity index (χ3v) is 4.97. The Hall–Kier alpha value is -0.570. The zero-order chi connectivity index (χ0) is 18.7. The zero-order valence-electron chi connectivity index (χ0n) is 15.0. The molecule has 25 heavy (non-hydrogen) atoms. The van der Waals surface area contributed by atoms with Gasteiger partial charge >= 0.3 is 0 Å². The van der Waals surface area contributed by atoms with Gasteiger partial charge in [0.2, 0.25) is 0 Å². The average molecular weight is 370 g/mol. The number of rotatable bonds is 14. The molecule has 0 bridgehead atoms. The summed E-state index contributed by atoms with van der Waals surface area (Å²) in [7, 11) is 0. The van der Waals surface area contributed by atoms with Gasteiger partial charge in [0, 0.05) is 19.4 Å². The second kappa shape index (κ2) is 12.7. The first-order valence-electron chi connectivity index (χ1n) is 9.55. The van der Waals surface area contributed by atoms with Crippen molar-refractivity contribution in [1.29, 1.82) is 0 Å². The first-order valence-corrected chi connectivity index (χ1v) is 9.55. The van der Waals surface area contributed by atoms with E-state index in [1.165, 1.54) is 0 Å². The minimum Gasteiger partial charge on any atom is -0.396 e. The first-order chi connectivity index (χ1) is 12.0. The third kappa shape index (κ3) is 8.11. The molecule has 5 atom stereocenters. The number of nitrogens with one attached hydrogen (secondary N) is 1. The van der Waals surface area contributed by atoms with E-state index >= 15 is 0 Å². The number of Topliss-reactive ketones (excluding diaryl/α,β-unsaturated/α-hetero) is 1. The Morgan fingerprint density at radius 2 is 1.48 bits per heavy atom. The summed E-state index contributed by atoms with van der Waals surface area (Å²) < 4.78 is 0. The molecule has 1 fully saturated rings. The summed E-state index contributed by atoms with van der Waals surface area (Å²) in [5.74, 6) is 0.225. The van der Waals surface area contributed by atoms with Crippen LogP contribution in [0.15, 0.2) is 0 Å². The molecule has 0 radical (unpaired) electrons. The first kappa shape index (κ1) is 22.5. The molecule has 0 spiro atoms. The van der Waals surface area contributed by atoms with E-state index in [-0.39, 0.29) is 19.0 Å². The highest BCUT2D eigenvalue weighted by Gasteiger charge is 2.43. The van der Waals surface area contributed by atoms with Crippen LogP contribution in [0.1, 0.15) is 64.2 Å². The van der Waals surface area contributed by atoms with Gasteiger partial charge in [0.1, 0.15) is 5.78 Å². The van der Waals surface area contributed by atoms with Gasteiger partial charge in [-0.15, -0.1) is 0 Å². The van der Waals surface area contributed by atoms with Crippen LogP contribution in [0.4, 0.5) is 0 Å². The van der Waals surface area contributed by atoms with E-state index in [1.807, 2.05) is 0 Å². The molecule has 7 heteroatoms. The second-order valence-electron chi connectivity index (χ2n) is 7.06. The number of unbranched alkanes of at least 4 members (excludes halogenated alkanes) is 5. The van der Waals surface area contributed by atoms with E-state index in [0.717, 1.165) is 38.5 Å². The Morgan fingerprint density at radius 1 is 0.880 bits per heavy atom. The Bertz CT molecular complexity index is 367. The van der Waals surface area contributed by atoms with Crippen molar-refractivity contribution in [1.82, 2.24) is 5.32 Å². The number of hydrogen-bond acceptors (Lipinski definition) is 7. The van der Waals surface area contributed by atoms with Gasteiger partial charge in [0.05, 0.1) is 37.0 Å². The molecular weight excluding hydrogens is 335 g/mol. The van der Waals surface area contributed by atoms with Crippen molar-refractivity contribution < 1.29 is 30.3 Å². The quantitative estimate of drug-likeness (QED) is 0.185. The Kier molecular flexibility index (Phi) is 11.4. The minimum absolute atomic E-state index is 0.0740. The Balaban J connectivity index is 2.02. The van der Waals surface area contributed by atoms with Crippen molar-refractivity contribution in [3.8, 4) is 0 Å². The van der Waals surface area contributed by atoms with Gasteiger partial charge in [-0.3, -0.25) is 4.79 Å². The molecule has 0 aromatic rings. The minimum atomic E-state index is -1.06. The molecule has 1 rings (SSSR count). The maximum absolute atomic E-state index is 11.4. The fourth-order valence-electron chi connectivity index (χ4n) is 3.36. The molecule has 0 aromatic carbocycles. The smallest absolute Gasteiger partial charge is 0.132 e. The zero-order valence-corrected chi connectivity index (χ0v) is 15.0. The summed E-state index contributed by atoms with van der Waals surface area (Å²) in [6.07, 6.45) is 5.13. The van der Waals surface area contributed by atoms with Crippen molar-refractivity contribution in [3.05, 3.63) is 0 Å². The molecule has 7 nitrogen and oxygen atoms in total.